The van der Waals surface area contributed by atoms with E-state index in [1.54, 1.807) is 23.4 Å². The number of carbonyl (C=O) groups excluding carboxylic acids is 2. The van der Waals surface area contributed by atoms with Crippen molar-refractivity contribution < 1.29 is 9.59 Å². The normalized spacial score (nSPS) is 13.7. The first-order chi connectivity index (χ1) is 15.2. The molecule has 0 unspecified atom stereocenters. The quantitative estimate of drug-likeness (QED) is 0.543. The van der Waals surface area contributed by atoms with Gasteiger partial charge in [-0.05, 0) is 41.5 Å². The lowest BCUT2D eigenvalue weighted by atomic mass is 9.90. The van der Waals surface area contributed by atoms with E-state index in [-0.39, 0.29) is 17.7 Å². The molecule has 1 aromatic carbocycles. The molecule has 0 atom stereocenters. The van der Waals surface area contributed by atoms with E-state index in [0.29, 0.717) is 30.9 Å². The smallest absolute Gasteiger partial charge is 0.272 e. The highest BCUT2D eigenvalue weighted by Gasteiger charge is 2.32. The number of pyridine rings is 1. The Morgan fingerprint density at radius 3 is 2.61 bits per heavy atom. The van der Waals surface area contributed by atoms with Crippen LogP contribution in [0.25, 0.3) is 5.65 Å². The highest BCUT2D eigenvalue weighted by molar-refractivity contribution is 5.94. The van der Waals surface area contributed by atoms with E-state index < -0.39 is 0 Å². The third-order valence-electron chi connectivity index (χ3n) is 5.53. The summed E-state index contributed by atoms with van der Waals surface area (Å²) in [4.78, 5) is 38.7. The molecule has 0 radical (unpaired) electrons. The molecule has 0 spiro atoms. The average molecular weight is 412 g/mol. The summed E-state index contributed by atoms with van der Waals surface area (Å²) >= 11 is 0. The van der Waals surface area contributed by atoms with Crippen molar-refractivity contribution >= 4 is 17.5 Å². The first kappa shape index (κ1) is 18.9. The van der Waals surface area contributed by atoms with Crippen LogP contribution in [0, 0.1) is 0 Å². The van der Waals surface area contributed by atoms with E-state index in [4.69, 9.17) is 0 Å². The topological polar surface area (TPSA) is 92.5 Å². The van der Waals surface area contributed by atoms with Gasteiger partial charge in [-0.25, -0.2) is 15.0 Å². The molecule has 1 fully saturated rings. The van der Waals surface area contributed by atoms with Gasteiger partial charge in [0.15, 0.2) is 0 Å². The molecule has 4 heterocycles. The molecule has 154 valence electrons. The predicted octanol–water partition coefficient (Wildman–Crippen LogP) is 2.29. The maximum atomic E-state index is 12.5. The molecule has 0 aliphatic carbocycles. The van der Waals surface area contributed by atoms with E-state index in [1.807, 2.05) is 53.2 Å². The van der Waals surface area contributed by atoms with Crippen molar-refractivity contribution in [3.05, 3.63) is 96.0 Å². The van der Waals surface area contributed by atoms with Crippen LogP contribution in [-0.4, -0.2) is 49.2 Å². The Hall–Kier alpha value is -4.07. The molecule has 3 aromatic heterocycles. The van der Waals surface area contributed by atoms with Gasteiger partial charge in [0.05, 0.1) is 0 Å². The van der Waals surface area contributed by atoms with Crippen molar-refractivity contribution in [1.82, 2.24) is 29.6 Å². The third-order valence-corrected chi connectivity index (χ3v) is 5.53. The fourth-order valence-corrected chi connectivity index (χ4v) is 3.69. The van der Waals surface area contributed by atoms with E-state index >= 15 is 0 Å². The summed E-state index contributed by atoms with van der Waals surface area (Å²) in [6, 6.07) is 13.1. The van der Waals surface area contributed by atoms with Gasteiger partial charge in [0.1, 0.15) is 17.7 Å². The summed E-state index contributed by atoms with van der Waals surface area (Å²) < 4.78 is 1.92. The number of nitrogens with zero attached hydrogens (tertiary/aromatic N) is 5. The first-order valence-corrected chi connectivity index (χ1v) is 10.0. The predicted molar refractivity (Wildman–Crippen MR) is 113 cm³/mol. The molecule has 8 heteroatoms. The summed E-state index contributed by atoms with van der Waals surface area (Å²) in [5.41, 5.74) is 3.98. The van der Waals surface area contributed by atoms with E-state index in [2.05, 4.69) is 20.3 Å². The van der Waals surface area contributed by atoms with E-state index in [0.717, 1.165) is 16.8 Å². The van der Waals surface area contributed by atoms with Crippen LogP contribution in [0.4, 0.5) is 0 Å². The zero-order chi connectivity index (χ0) is 21.2. The van der Waals surface area contributed by atoms with Crippen molar-refractivity contribution in [1.29, 1.82) is 0 Å². The maximum Gasteiger partial charge on any atom is 0.272 e. The molecule has 5 rings (SSSR count). The molecule has 1 saturated heterocycles. The molecule has 0 bridgehead atoms. The SMILES string of the molecule is O=C(NCc1ccn2ccnc2c1)c1ccc(C2CN(C(=O)c3ccncn3)C2)cc1. The Morgan fingerprint density at radius 1 is 1.00 bits per heavy atom. The number of benzene rings is 1. The number of fused-ring (bicyclic) bond motifs is 1. The van der Waals surface area contributed by atoms with E-state index in [9.17, 15) is 9.59 Å². The Bertz CT molecular complexity index is 1230. The van der Waals surface area contributed by atoms with Crippen molar-refractivity contribution in [3.63, 3.8) is 0 Å². The highest BCUT2D eigenvalue weighted by atomic mass is 16.2. The minimum absolute atomic E-state index is 0.0804. The van der Waals surface area contributed by atoms with Crippen LogP contribution in [0.5, 0.6) is 0 Å². The summed E-state index contributed by atoms with van der Waals surface area (Å²) in [5, 5.41) is 2.95. The largest absolute Gasteiger partial charge is 0.348 e. The van der Waals surface area contributed by atoms with Crippen LogP contribution in [0.3, 0.4) is 0 Å². The van der Waals surface area contributed by atoms with Gasteiger partial charge in [0.25, 0.3) is 11.8 Å². The Kier molecular flexibility index (Phi) is 4.87. The van der Waals surface area contributed by atoms with Crippen LogP contribution in [0.15, 0.2) is 73.6 Å². The zero-order valence-electron chi connectivity index (χ0n) is 16.7. The van der Waals surface area contributed by atoms with Gasteiger partial charge in [-0.3, -0.25) is 9.59 Å². The minimum Gasteiger partial charge on any atom is -0.348 e. The number of aromatic nitrogens is 4. The molecule has 1 aliphatic heterocycles. The molecule has 8 nitrogen and oxygen atoms in total. The number of hydrogen-bond donors (Lipinski definition) is 1. The summed E-state index contributed by atoms with van der Waals surface area (Å²) in [7, 11) is 0. The average Bonchev–Trinajstić information content (AvgIpc) is 3.25. The van der Waals surface area contributed by atoms with Crippen LogP contribution >= 0.6 is 0 Å². The van der Waals surface area contributed by atoms with Crippen LogP contribution in [0.1, 0.15) is 37.9 Å². The zero-order valence-corrected chi connectivity index (χ0v) is 16.7. The van der Waals surface area contributed by atoms with Crippen LogP contribution in [-0.2, 0) is 6.54 Å². The molecule has 31 heavy (non-hydrogen) atoms. The standard InChI is InChI=1S/C23H20N6O2/c30-22(26-12-16-6-9-28-10-8-25-21(28)11-16)18-3-1-17(2-4-18)19-13-29(14-19)23(31)20-5-7-24-15-27-20/h1-11,15,19H,12-14H2,(H,26,30). The molecule has 2 amide bonds. The van der Waals surface area contributed by atoms with Gasteiger partial charge in [-0.1, -0.05) is 12.1 Å². The minimum atomic E-state index is -0.121. The molecule has 4 aromatic rings. The number of rotatable bonds is 5. The lowest BCUT2D eigenvalue weighted by Gasteiger charge is -2.39. The molecule has 0 saturated carbocycles. The summed E-state index contributed by atoms with van der Waals surface area (Å²) in [5.74, 6) is 0.0660. The Balaban J connectivity index is 1.15. The van der Waals surface area contributed by atoms with E-state index in [1.165, 1.54) is 6.33 Å². The number of likely N-dealkylation sites (tertiary alicyclic amines) is 1. The maximum absolute atomic E-state index is 12.5. The molecule has 1 aliphatic rings. The number of carbonyl (C=O) groups is 2. The summed E-state index contributed by atoms with van der Waals surface area (Å²) in [6.45, 7) is 1.72. The fraction of sp³-hybridized carbons (Fsp3) is 0.174. The monoisotopic (exact) mass is 412 g/mol. The number of nitrogens with one attached hydrogen (secondary N) is 1. The van der Waals surface area contributed by atoms with Crippen molar-refractivity contribution in [2.24, 2.45) is 0 Å². The van der Waals surface area contributed by atoms with Crippen molar-refractivity contribution in [2.45, 2.75) is 12.5 Å². The van der Waals surface area contributed by atoms with Gasteiger partial charge in [-0.2, -0.15) is 0 Å². The fourth-order valence-electron chi connectivity index (χ4n) is 3.69. The summed E-state index contributed by atoms with van der Waals surface area (Å²) in [6.07, 6.45) is 8.50. The molecular formula is C23H20N6O2. The Morgan fingerprint density at radius 2 is 1.84 bits per heavy atom. The second kappa shape index (κ2) is 7.98. The first-order valence-electron chi connectivity index (χ1n) is 10.0. The van der Waals surface area contributed by atoms with Crippen molar-refractivity contribution in [2.75, 3.05) is 13.1 Å². The van der Waals surface area contributed by atoms with Crippen LogP contribution < -0.4 is 5.32 Å². The van der Waals surface area contributed by atoms with Crippen molar-refractivity contribution in [3.8, 4) is 0 Å². The number of imidazole rings is 1. The number of hydrogen-bond acceptors (Lipinski definition) is 5. The lowest BCUT2D eigenvalue weighted by Crippen LogP contribution is -2.48. The Labute approximate surface area is 178 Å². The second-order valence-electron chi connectivity index (χ2n) is 7.53. The molecule has 1 N–H and O–H groups in total. The van der Waals surface area contributed by atoms with Gasteiger partial charge < -0.3 is 14.6 Å². The van der Waals surface area contributed by atoms with Gasteiger partial charge in [-0.15, -0.1) is 0 Å². The highest BCUT2D eigenvalue weighted by Crippen LogP contribution is 2.28. The molecular weight excluding hydrogens is 392 g/mol. The second-order valence-corrected chi connectivity index (χ2v) is 7.53. The van der Waals surface area contributed by atoms with Gasteiger partial charge in [0, 0.05) is 55.9 Å². The third kappa shape index (κ3) is 3.87. The lowest BCUT2D eigenvalue weighted by molar-refractivity contribution is 0.0596. The van der Waals surface area contributed by atoms with Gasteiger partial charge >= 0.3 is 0 Å². The number of amides is 2. The van der Waals surface area contributed by atoms with Gasteiger partial charge in [0.2, 0.25) is 0 Å². The van der Waals surface area contributed by atoms with Crippen LogP contribution in [0.2, 0.25) is 0 Å².